The zero-order chi connectivity index (χ0) is 29.0. The van der Waals surface area contributed by atoms with Crippen molar-refractivity contribution < 1.29 is 14.6 Å². The van der Waals surface area contributed by atoms with Gasteiger partial charge in [0.05, 0.1) is 5.69 Å². The standard InChI is InChI=1S/C20H23N.C11H16.C2H6.CH2O2.CH2O/c1-4-5-16-6-8-17(9-7-16)13-18-10-11-19-12-14(2)21-20(19)15(18)3;1-3-5-11-8-6-10(4-2)7-9-11;1-2;1-2-3-1;1-2/h6-11H,4-5,12-13H2,1-3H3;6-9H,3-5H2,1-2H3;1-2H3;1H2;1H2. The smallest absolute Gasteiger partial charge is 0.214 e. The van der Waals surface area contributed by atoms with E-state index in [1.54, 1.807) is 0 Å². The molecule has 0 spiro atoms. The quantitative estimate of drug-likeness (QED) is 0.226. The molecule has 0 bridgehead atoms. The number of carbonyl (C=O) groups is 1. The molecule has 2 aliphatic rings. The topological polar surface area (TPSA) is 54.5 Å². The van der Waals surface area contributed by atoms with Gasteiger partial charge in [-0.25, -0.2) is 9.78 Å². The molecular weight excluding hydrogens is 482 g/mol. The molecule has 2 heterocycles. The third kappa shape index (κ3) is 12.5. The molecule has 3 aromatic carbocycles. The number of hydrogen-bond acceptors (Lipinski definition) is 4. The van der Waals surface area contributed by atoms with E-state index in [4.69, 9.17) is 9.79 Å². The number of nitrogens with zero attached hydrogens (tertiary/aromatic N) is 1. The van der Waals surface area contributed by atoms with Crippen LogP contribution in [0, 0.1) is 6.92 Å². The molecule has 39 heavy (non-hydrogen) atoms. The molecular formula is C35H49NO3. The first-order valence-electron chi connectivity index (χ1n) is 14.4. The van der Waals surface area contributed by atoms with Crippen LogP contribution in [0.25, 0.3) is 0 Å². The highest BCUT2D eigenvalue weighted by molar-refractivity contribution is 5.93. The van der Waals surface area contributed by atoms with Gasteiger partial charge in [0, 0.05) is 12.1 Å². The second kappa shape index (κ2) is 19.9. The average Bonchev–Trinajstić information content (AvgIpc) is 3.82. The first-order chi connectivity index (χ1) is 19.0. The Hall–Kier alpha value is -3.08. The van der Waals surface area contributed by atoms with Crippen molar-refractivity contribution >= 4 is 18.2 Å². The van der Waals surface area contributed by atoms with Crippen LogP contribution in [0.3, 0.4) is 0 Å². The fourth-order valence-electron chi connectivity index (χ4n) is 4.36. The van der Waals surface area contributed by atoms with Crippen LogP contribution in [0.2, 0.25) is 0 Å². The molecule has 212 valence electrons. The van der Waals surface area contributed by atoms with Gasteiger partial charge >= 0.3 is 0 Å². The van der Waals surface area contributed by atoms with Crippen LogP contribution in [0.1, 0.15) is 93.3 Å². The SMILES string of the molecule is C1OO1.C=O.CC.CCCc1ccc(CC)cc1.CCCc1ccc(Cc2ccc3c(c2C)N=C(C)C3)cc1. The van der Waals surface area contributed by atoms with E-state index < -0.39 is 0 Å². The average molecular weight is 532 g/mol. The normalized spacial score (nSPS) is 12.0. The van der Waals surface area contributed by atoms with E-state index in [9.17, 15) is 0 Å². The van der Waals surface area contributed by atoms with Gasteiger partial charge < -0.3 is 4.79 Å². The Balaban J connectivity index is 0.000000353. The van der Waals surface area contributed by atoms with E-state index in [1.807, 2.05) is 20.6 Å². The summed E-state index contributed by atoms with van der Waals surface area (Å²) in [6, 6.07) is 22.5. The number of carbonyl (C=O) groups excluding carboxylic acids is 1. The van der Waals surface area contributed by atoms with Crippen molar-refractivity contribution in [3.8, 4) is 0 Å². The Labute approximate surface area is 237 Å². The molecule has 3 aromatic rings. The lowest BCUT2D eigenvalue weighted by Crippen LogP contribution is -1.94. The molecule has 0 atom stereocenters. The van der Waals surface area contributed by atoms with Crippen molar-refractivity contribution in [2.75, 3.05) is 6.79 Å². The van der Waals surface area contributed by atoms with E-state index in [2.05, 4.69) is 105 Å². The minimum absolute atomic E-state index is 0.500. The summed E-state index contributed by atoms with van der Waals surface area (Å²) in [6.07, 6.45) is 8.00. The van der Waals surface area contributed by atoms with Gasteiger partial charge in [0.2, 0.25) is 6.79 Å². The Bertz CT molecular complexity index is 1100. The third-order valence-corrected chi connectivity index (χ3v) is 6.42. The van der Waals surface area contributed by atoms with Crippen molar-refractivity contribution in [2.24, 2.45) is 4.99 Å². The Morgan fingerprint density at radius 3 is 1.62 bits per heavy atom. The van der Waals surface area contributed by atoms with Crippen LogP contribution in [0.4, 0.5) is 5.69 Å². The third-order valence-electron chi connectivity index (χ3n) is 6.42. The van der Waals surface area contributed by atoms with E-state index in [-0.39, 0.29) is 0 Å². The molecule has 4 heteroatoms. The number of aliphatic imine (C=N–C) groups is 1. The Morgan fingerprint density at radius 1 is 0.718 bits per heavy atom. The first kappa shape index (κ1) is 33.9. The summed E-state index contributed by atoms with van der Waals surface area (Å²) >= 11 is 0. The highest BCUT2D eigenvalue weighted by Crippen LogP contribution is 2.33. The van der Waals surface area contributed by atoms with Gasteiger partial charge in [-0.1, -0.05) is 108 Å². The summed E-state index contributed by atoms with van der Waals surface area (Å²) in [5.74, 6) is 0. The lowest BCUT2D eigenvalue weighted by molar-refractivity contribution is -0.0980. The van der Waals surface area contributed by atoms with E-state index in [0.717, 1.165) is 19.3 Å². The van der Waals surface area contributed by atoms with Crippen LogP contribution in [0.15, 0.2) is 65.7 Å². The lowest BCUT2D eigenvalue weighted by Gasteiger charge is -2.10. The van der Waals surface area contributed by atoms with Crippen molar-refractivity contribution in [1.82, 2.24) is 0 Å². The zero-order valence-electron chi connectivity index (χ0n) is 25.3. The van der Waals surface area contributed by atoms with Crippen molar-refractivity contribution in [3.05, 3.63) is 99.6 Å². The predicted octanol–water partition coefficient (Wildman–Crippen LogP) is 9.14. The van der Waals surface area contributed by atoms with Gasteiger partial charge in [-0.3, -0.25) is 4.99 Å². The minimum atomic E-state index is 0.500. The molecule has 0 aliphatic carbocycles. The molecule has 1 fully saturated rings. The summed E-state index contributed by atoms with van der Waals surface area (Å²) in [6.45, 7) is 17.5. The van der Waals surface area contributed by atoms with Gasteiger partial charge in [-0.2, -0.15) is 0 Å². The summed E-state index contributed by atoms with van der Waals surface area (Å²) in [4.78, 5) is 20.7. The minimum Gasteiger partial charge on any atom is -0.307 e. The molecule has 0 N–H and O–H groups in total. The van der Waals surface area contributed by atoms with Crippen LogP contribution < -0.4 is 0 Å². The zero-order valence-corrected chi connectivity index (χ0v) is 25.3. The number of rotatable bonds is 7. The fourth-order valence-corrected chi connectivity index (χ4v) is 4.36. The molecule has 2 aliphatic heterocycles. The Kier molecular flexibility index (Phi) is 17.3. The molecule has 1 saturated heterocycles. The van der Waals surface area contributed by atoms with Gasteiger partial charge in [0.15, 0.2) is 0 Å². The molecule has 0 radical (unpaired) electrons. The molecule has 4 nitrogen and oxygen atoms in total. The monoisotopic (exact) mass is 531 g/mol. The maximum Gasteiger partial charge on any atom is 0.214 e. The van der Waals surface area contributed by atoms with Crippen molar-refractivity contribution in [3.63, 3.8) is 0 Å². The lowest BCUT2D eigenvalue weighted by atomic mass is 9.95. The summed E-state index contributed by atoms with van der Waals surface area (Å²) in [5.41, 5.74) is 12.3. The van der Waals surface area contributed by atoms with E-state index >= 15 is 0 Å². The number of aryl methyl sites for hydroxylation is 3. The van der Waals surface area contributed by atoms with Crippen molar-refractivity contribution in [1.29, 1.82) is 0 Å². The van der Waals surface area contributed by atoms with E-state index in [1.165, 1.54) is 76.0 Å². The Morgan fingerprint density at radius 2 is 1.18 bits per heavy atom. The second-order valence-electron chi connectivity index (χ2n) is 9.40. The van der Waals surface area contributed by atoms with Gasteiger partial charge in [0.1, 0.15) is 6.79 Å². The molecule has 0 amide bonds. The van der Waals surface area contributed by atoms with Crippen LogP contribution in [-0.4, -0.2) is 19.3 Å². The highest BCUT2D eigenvalue weighted by Gasteiger charge is 2.15. The van der Waals surface area contributed by atoms with Crippen LogP contribution >= 0.6 is 0 Å². The second-order valence-corrected chi connectivity index (χ2v) is 9.40. The molecule has 0 aromatic heterocycles. The summed E-state index contributed by atoms with van der Waals surface area (Å²) in [5, 5.41) is 0. The summed E-state index contributed by atoms with van der Waals surface area (Å²) in [7, 11) is 0. The van der Waals surface area contributed by atoms with Gasteiger partial charge in [0.25, 0.3) is 0 Å². The largest absolute Gasteiger partial charge is 0.307 e. The number of hydrogen-bond donors (Lipinski definition) is 0. The van der Waals surface area contributed by atoms with Gasteiger partial charge in [-0.05, 0) is 78.5 Å². The van der Waals surface area contributed by atoms with Crippen LogP contribution in [0.5, 0.6) is 0 Å². The first-order valence-corrected chi connectivity index (χ1v) is 14.4. The van der Waals surface area contributed by atoms with Gasteiger partial charge in [-0.15, -0.1) is 0 Å². The summed E-state index contributed by atoms with van der Waals surface area (Å²) < 4.78 is 0. The number of fused-ring (bicyclic) bond motifs is 1. The predicted molar refractivity (Wildman–Crippen MR) is 166 cm³/mol. The maximum absolute atomic E-state index is 8.00. The molecule has 0 saturated carbocycles. The maximum atomic E-state index is 8.00. The molecule has 5 rings (SSSR count). The van der Waals surface area contributed by atoms with E-state index in [0.29, 0.717) is 6.79 Å². The highest BCUT2D eigenvalue weighted by atomic mass is 17.4. The fraction of sp³-hybridized carbons (Fsp3) is 0.429. The van der Waals surface area contributed by atoms with Crippen LogP contribution in [-0.2, 0) is 46.7 Å². The molecule has 0 unspecified atom stereocenters. The number of benzene rings is 3. The van der Waals surface area contributed by atoms with Crippen molar-refractivity contribution in [2.45, 2.75) is 93.4 Å².